The second-order valence-corrected chi connectivity index (χ2v) is 3.99. The molecule has 0 saturated carbocycles. The molecular formula is C14H12F2NO4+. The highest BCUT2D eigenvalue weighted by Crippen LogP contribution is 2.24. The van der Waals surface area contributed by atoms with Gasteiger partial charge in [-0.2, -0.15) is 0 Å². The Hall–Kier alpha value is -2.70. The molecule has 110 valence electrons. The van der Waals surface area contributed by atoms with Crippen molar-refractivity contribution in [3.05, 3.63) is 53.9 Å². The summed E-state index contributed by atoms with van der Waals surface area (Å²) < 4.78 is 36.6. The predicted molar refractivity (Wildman–Crippen MR) is 66.2 cm³/mol. The van der Waals surface area contributed by atoms with Crippen molar-refractivity contribution in [3.8, 4) is 11.5 Å². The molecule has 0 aliphatic heterocycles. The van der Waals surface area contributed by atoms with Gasteiger partial charge in [-0.3, -0.25) is 5.21 Å². The maximum atomic E-state index is 13.4. The van der Waals surface area contributed by atoms with Crippen LogP contribution in [-0.2, 0) is 4.74 Å². The van der Waals surface area contributed by atoms with Gasteiger partial charge >= 0.3 is 11.7 Å². The summed E-state index contributed by atoms with van der Waals surface area (Å²) in [7, 11) is 0. The Bertz CT molecular complexity index is 676. The lowest BCUT2D eigenvalue weighted by Crippen LogP contribution is -2.37. The van der Waals surface area contributed by atoms with Crippen molar-refractivity contribution in [2.24, 2.45) is 0 Å². The zero-order valence-electron chi connectivity index (χ0n) is 11.0. The van der Waals surface area contributed by atoms with Gasteiger partial charge in [-0.05, 0) is 25.1 Å². The summed E-state index contributed by atoms with van der Waals surface area (Å²) in [5.41, 5.74) is -0.108. The molecule has 1 aromatic carbocycles. The van der Waals surface area contributed by atoms with Gasteiger partial charge in [0.1, 0.15) is 5.82 Å². The maximum Gasteiger partial charge on any atom is 0.408 e. The number of hydrogen-bond donors (Lipinski definition) is 1. The van der Waals surface area contributed by atoms with Crippen molar-refractivity contribution < 1.29 is 33.0 Å². The number of nitrogens with zero attached hydrogens (tertiary/aromatic N) is 1. The summed E-state index contributed by atoms with van der Waals surface area (Å²) in [6.07, 6.45) is 1.06. The lowest BCUT2D eigenvalue weighted by molar-refractivity contribution is -0.906. The lowest BCUT2D eigenvalue weighted by atomic mass is 10.3. The first kappa shape index (κ1) is 14.7. The van der Waals surface area contributed by atoms with Crippen LogP contribution in [0.15, 0.2) is 36.5 Å². The molecule has 0 radical (unpaired) electrons. The molecule has 0 saturated heterocycles. The number of aromatic nitrogens is 1. The van der Waals surface area contributed by atoms with Gasteiger partial charge in [-0.15, -0.1) is 0 Å². The van der Waals surface area contributed by atoms with Crippen molar-refractivity contribution in [1.29, 1.82) is 0 Å². The second kappa shape index (κ2) is 6.17. The summed E-state index contributed by atoms with van der Waals surface area (Å²) in [5, 5.41) is 9.66. The lowest BCUT2D eigenvalue weighted by Gasteiger charge is -2.05. The number of esters is 1. The van der Waals surface area contributed by atoms with E-state index in [4.69, 9.17) is 9.47 Å². The van der Waals surface area contributed by atoms with E-state index >= 15 is 0 Å². The standard InChI is InChI=1S/C14H12F2NO4/c1-2-20-14(18)12-5-4-10(8-17(12)19)21-13-6-3-9(15)7-11(13)16/h3-8,19H,2H2,1H3/q+1. The molecule has 1 aromatic heterocycles. The van der Waals surface area contributed by atoms with Crippen molar-refractivity contribution in [1.82, 2.24) is 0 Å². The van der Waals surface area contributed by atoms with Crippen LogP contribution in [0.1, 0.15) is 17.4 Å². The number of rotatable bonds is 4. The van der Waals surface area contributed by atoms with E-state index in [9.17, 15) is 18.8 Å². The molecule has 0 atom stereocenters. The van der Waals surface area contributed by atoms with Gasteiger partial charge in [0.25, 0.3) is 6.20 Å². The van der Waals surface area contributed by atoms with Gasteiger partial charge in [0.05, 0.1) is 6.61 Å². The Morgan fingerprint density at radius 2 is 2.05 bits per heavy atom. The van der Waals surface area contributed by atoms with Crippen LogP contribution in [0.5, 0.6) is 11.5 Å². The molecule has 5 nitrogen and oxygen atoms in total. The Balaban J connectivity index is 2.22. The normalized spacial score (nSPS) is 10.2. The van der Waals surface area contributed by atoms with E-state index in [0.717, 1.165) is 18.3 Å². The van der Waals surface area contributed by atoms with Crippen LogP contribution in [0.4, 0.5) is 8.78 Å². The van der Waals surface area contributed by atoms with E-state index in [1.54, 1.807) is 6.92 Å². The number of halogens is 2. The van der Waals surface area contributed by atoms with E-state index < -0.39 is 17.6 Å². The zero-order valence-corrected chi connectivity index (χ0v) is 11.0. The highest BCUT2D eigenvalue weighted by molar-refractivity contribution is 5.85. The monoisotopic (exact) mass is 296 g/mol. The van der Waals surface area contributed by atoms with E-state index in [0.29, 0.717) is 10.8 Å². The molecule has 1 N–H and O–H groups in total. The van der Waals surface area contributed by atoms with Crippen LogP contribution in [0.2, 0.25) is 0 Å². The minimum Gasteiger partial charge on any atom is -0.458 e. The third kappa shape index (κ3) is 3.44. The molecule has 0 aliphatic rings. The minimum absolute atomic E-state index is 0.0658. The molecule has 0 fully saturated rings. The summed E-state index contributed by atoms with van der Waals surface area (Å²) in [5.74, 6) is -2.46. The topological polar surface area (TPSA) is 59.6 Å². The van der Waals surface area contributed by atoms with E-state index in [-0.39, 0.29) is 23.8 Å². The predicted octanol–water partition coefficient (Wildman–Crippen LogP) is 2.46. The van der Waals surface area contributed by atoms with E-state index in [1.165, 1.54) is 12.1 Å². The Labute approximate surface area is 118 Å². The number of pyridine rings is 1. The molecule has 0 spiro atoms. The largest absolute Gasteiger partial charge is 0.458 e. The molecule has 7 heteroatoms. The number of benzene rings is 1. The fourth-order valence-corrected chi connectivity index (χ4v) is 1.58. The van der Waals surface area contributed by atoms with Crippen LogP contribution in [0, 0.1) is 11.6 Å². The number of hydrogen-bond acceptors (Lipinski definition) is 4. The average molecular weight is 296 g/mol. The van der Waals surface area contributed by atoms with Crippen molar-refractivity contribution >= 4 is 5.97 Å². The van der Waals surface area contributed by atoms with Crippen LogP contribution < -0.4 is 9.47 Å². The Kier molecular flexibility index (Phi) is 4.32. The fourth-order valence-electron chi connectivity index (χ4n) is 1.58. The summed E-state index contributed by atoms with van der Waals surface area (Å²) in [6.45, 7) is 1.80. The summed E-state index contributed by atoms with van der Waals surface area (Å²) in [6, 6.07) is 5.44. The fraction of sp³-hybridized carbons (Fsp3) is 0.143. The molecule has 0 amide bonds. The Morgan fingerprint density at radius 1 is 1.29 bits per heavy atom. The quantitative estimate of drug-likeness (QED) is 0.535. The SMILES string of the molecule is CCOC(=O)c1ccc(Oc2ccc(F)cc2F)c[n+]1O. The van der Waals surface area contributed by atoms with Crippen LogP contribution >= 0.6 is 0 Å². The van der Waals surface area contributed by atoms with Crippen LogP contribution in [0.25, 0.3) is 0 Å². The van der Waals surface area contributed by atoms with Gasteiger partial charge in [-0.1, -0.05) is 0 Å². The highest BCUT2D eigenvalue weighted by atomic mass is 19.1. The molecular weight excluding hydrogens is 284 g/mol. The summed E-state index contributed by atoms with van der Waals surface area (Å²) >= 11 is 0. The third-order valence-electron chi connectivity index (χ3n) is 2.51. The van der Waals surface area contributed by atoms with Gasteiger partial charge in [0, 0.05) is 16.9 Å². The smallest absolute Gasteiger partial charge is 0.408 e. The minimum atomic E-state index is -0.881. The van der Waals surface area contributed by atoms with Crippen molar-refractivity contribution in [2.45, 2.75) is 6.92 Å². The van der Waals surface area contributed by atoms with Gasteiger partial charge in [0.15, 0.2) is 17.3 Å². The van der Waals surface area contributed by atoms with Crippen molar-refractivity contribution in [3.63, 3.8) is 0 Å². The van der Waals surface area contributed by atoms with Gasteiger partial charge < -0.3 is 9.47 Å². The first-order valence-electron chi connectivity index (χ1n) is 6.06. The number of carbonyl (C=O) groups is 1. The molecule has 2 aromatic rings. The third-order valence-corrected chi connectivity index (χ3v) is 2.51. The molecule has 0 unspecified atom stereocenters. The molecule has 1 heterocycles. The molecule has 0 aliphatic carbocycles. The second-order valence-electron chi connectivity index (χ2n) is 3.99. The van der Waals surface area contributed by atoms with Gasteiger partial charge in [-0.25, -0.2) is 13.6 Å². The van der Waals surface area contributed by atoms with Crippen LogP contribution in [0.3, 0.4) is 0 Å². The average Bonchev–Trinajstić information content (AvgIpc) is 2.42. The molecule has 21 heavy (non-hydrogen) atoms. The Morgan fingerprint density at radius 3 is 2.67 bits per heavy atom. The number of ether oxygens (including phenoxy) is 2. The molecule has 2 rings (SSSR count). The maximum absolute atomic E-state index is 13.4. The first-order valence-corrected chi connectivity index (χ1v) is 6.06. The van der Waals surface area contributed by atoms with Crippen LogP contribution in [-0.4, -0.2) is 17.8 Å². The van der Waals surface area contributed by atoms with E-state index in [1.807, 2.05) is 0 Å². The zero-order chi connectivity index (χ0) is 15.4. The first-order chi connectivity index (χ1) is 10.0. The summed E-state index contributed by atoms with van der Waals surface area (Å²) in [4.78, 5) is 11.5. The number of carbonyl (C=O) groups excluding carboxylic acids is 1. The molecule has 0 bridgehead atoms. The van der Waals surface area contributed by atoms with Gasteiger partial charge in [0.2, 0.25) is 0 Å². The highest BCUT2D eigenvalue weighted by Gasteiger charge is 2.22. The van der Waals surface area contributed by atoms with E-state index in [2.05, 4.69) is 0 Å². The van der Waals surface area contributed by atoms with Crippen molar-refractivity contribution in [2.75, 3.05) is 6.61 Å².